The van der Waals surface area contributed by atoms with Gasteiger partial charge >= 0.3 is 5.97 Å². The van der Waals surface area contributed by atoms with E-state index in [9.17, 15) is 9.59 Å². The molecule has 25 heavy (non-hydrogen) atoms. The van der Waals surface area contributed by atoms with Crippen molar-refractivity contribution in [2.24, 2.45) is 0 Å². The van der Waals surface area contributed by atoms with Gasteiger partial charge in [-0.3, -0.25) is 4.79 Å². The van der Waals surface area contributed by atoms with Crippen molar-refractivity contribution >= 4 is 17.6 Å². The van der Waals surface area contributed by atoms with Gasteiger partial charge < -0.3 is 10.1 Å². The molecule has 0 spiro atoms. The molecular formula is C21H23NO3. The van der Waals surface area contributed by atoms with Gasteiger partial charge in [0.25, 0.3) is 0 Å². The molecule has 0 aliphatic heterocycles. The lowest BCUT2D eigenvalue weighted by Gasteiger charge is -2.07. The van der Waals surface area contributed by atoms with Crippen LogP contribution >= 0.6 is 0 Å². The van der Waals surface area contributed by atoms with Crippen LogP contribution in [0.4, 0.5) is 5.69 Å². The largest absolute Gasteiger partial charge is 0.463 e. The van der Waals surface area contributed by atoms with E-state index >= 15 is 0 Å². The smallest absolute Gasteiger partial charge is 0.330 e. The lowest BCUT2D eigenvalue weighted by atomic mass is 10.1. The molecule has 0 aromatic heterocycles. The van der Waals surface area contributed by atoms with Gasteiger partial charge in [0.05, 0.1) is 6.61 Å². The van der Waals surface area contributed by atoms with Crippen LogP contribution in [0.15, 0.2) is 67.3 Å². The summed E-state index contributed by atoms with van der Waals surface area (Å²) in [5.41, 5.74) is 3.06. The minimum Gasteiger partial charge on any atom is -0.463 e. The van der Waals surface area contributed by atoms with Crippen LogP contribution in [0.25, 0.3) is 11.1 Å². The molecule has 0 bridgehead atoms. The standard InChI is InChI=1S/C21H23NO3/c1-2-21(24)25-16-8-4-7-11-20(23)22-19-14-12-18(13-15-19)17-9-5-3-6-10-17/h2-3,5-6,9-10,12-15H,1,4,7-8,11,16H2,(H,22,23). The predicted molar refractivity (Wildman–Crippen MR) is 100 cm³/mol. The summed E-state index contributed by atoms with van der Waals surface area (Å²) in [5, 5.41) is 2.90. The van der Waals surface area contributed by atoms with Gasteiger partial charge in [0.15, 0.2) is 0 Å². The first-order valence-electron chi connectivity index (χ1n) is 8.43. The Hall–Kier alpha value is -2.88. The van der Waals surface area contributed by atoms with Gasteiger partial charge in [-0.25, -0.2) is 4.79 Å². The average Bonchev–Trinajstić information content (AvgIpc) is 2.65. The number of anilines is 1. The Kier molecular flexibility index (Phi) is 7.44. The van der Waals surface area contributed by atoms with Crippen molar-refractivity contribution in [3.8, 4) is 11.1 Å². The third kappa shape index (κ3) is 6.63. The molecule has 0 saturated heterocycles. The molecular weight excluding hydrogens is 314 g/mol. The number of carbonyl (C=O) groups is 2. The molecule has 0 saturated carbocycles. The normalized spacial score (nSPS) is 10.1. The quantitative estimate of drug-likeness (QED) is 0.414. The second-order valence-corrected chi connectivity index (χ2v) is 5.67. The molecule has 0 aliphatic carbocycles. The molecule has 0 radical (unpaired) electrons. The summed E-state index contributed by atoms with van der Waals surface area (Å²) in [7, 11) is 0. The minimum atomic E-state index is -0.406. The fraction of sp³-hybridized carbons (Fsp3) is 0.238. The van der Waals surface area contributed by atoms with Gasteiger partial charge in [-0.05, 0) is 42.5 Å². The van der Waals surface area contributed by atoms with Crippen molar-refractivity contribution in [2.75, 3.05) is 11.9 Å². The maximum absolute atomic E-state index is 11.9. The molecule has 4 nitrogen and oxygen atoms in total. The number of carbonyl (C=O) groups excluding carboxylic acids is 2. The fourth-order valence-corrected chi connectivity index (χ4v) is 2.40. The minimum absolute atomic E-state index is 0.00412. The Bertz CT molecular complexity index is 693. The SMILES string of the molecule is C=CC(=O)OCCCCCC(=O)Nc1ccc(-c2ccccc2)cc1. The Morgan fingerprint density at radius 1 is 0.920 bits per heavy atom. The number of rotatable bonds is 9. The van der Waals surface area contributed by atoms with E-state index in [4.69, 9.17) is 4.74 Å². The number of esters is 1. The van der Waals surface area contributed by atoms with Crippen LogP contribution in [0.2, 0.25) is 0 Å². The molecule has 0 unspecified atom stereocenters. The third-order valence-electron chi connectivity index (χ3n) is 3.73. The fourth-order valence-electron chi connectivity index (χ4n) is 2.40. The van der Waals surface area contributed by atoms with Crippen LogP contribution in [0.5, 0.6) is 0 Å². The third-order valence-corrected chi connectivity index (χ3v) is 3.73. The molecule has 130 valence electrons. The van der Waals surface area contributed by atoms with E-state index in [2.05, 4.69) is 24.0 Å². The summed E-state index contributed by atoms with van der Waals surface area (Å²) >= 11 is 0. The maximum atomic E-state index is 11.9. The Balaban J connectivity index is 1.68. The average molecular weight is 337 g/mol. The zero-order valence-corrected chi connectivity index (χ0v) is 14.2. The first-order valence-corrected chi connectivity index (χ1v) is 8.43. The van der Waals surface area contributed by atoms with Gasteiger partial charge in [0, 0.05) is 18.2 Å². The molecule has 2 rings (SSSR count). The number of hydrogen-bond donors (Lipinski definition) is 1. The van der Waals surface area contributed by atoms with E-state index in [1.165, 1.54) is 0 Å². The Morgan fingerprint density at radius 2 is 1.60 bits per heavy atom. The lowest BCUT2D eigenvalue weighted by Crippen LogP contribution is -2.11. The van der Waals surface area contributed by atoms with Crippen LogP contribution in [0, 0.1) is 0 Å². The number of amides is 1. The van der Waals surface area contributed by atoms with Crippen molar-refractivity contribution < 1.29 is 14.3 Å². The number of unbranched alkanes of at least 4 members (excludes halogenated alkanes) is 2. The van der Waals surface area contributed by atoms with Gasteiger partial charge in [-0.2, -0.15) is 0 Å². The first kappa shape index (κ1) is 18.5. The maximum Gasteiger partial charge on any atom is 0.330 e. The van der Waals surface area contributed by atoms with Crippen molar-refractivity contribution in [3.05, 3.63) is 67.3 Å². The zero-order chi connectivity index (χ0) is 17.9. The van der Waals surface area contributed by atoms with Crippen LogP contribution in [-0.2, 0) is 14.3 Å². The molecule has 0 atom stereocenters. The predicted octanol–water partition coefficient (Wildman–Crippen LogP) is 4.58. The topological polar surface area (TPSA) is 55.4 Å². The molecule has 4 heteroatoms. The molecule has 2 aromatic carbocycles. The first-order chi connectivity index (χ1) is 12.2. The van der Waals surface area contributed by atoms with E-state index in [0.717, 1.165) is 42.2 Å². The number of ether oxygens (including phenoxy) is 1. The molecule has 0 aliphatic rings. The highest BCUT2D eigenvalue weighted by molar-refractivity contribution is 5.90. The van der Waals surface area contributed by atoms with Crippen molar-refractivity contribution in [2.45, 2.75) is 25.7 Å². The highest BCUT2D eigenvalue weighted by Crippen LogP contribution is 2.21. The lowest BCUT2D eigenvalue weighted by molar-refractivity contribution is -0.137. The number of nitrogens with one attached hydrogen (secondary N) is 1. The van der Waals surface area contributed by atoms with Gasteiger partial charge in [-0.15, -0.1) is 0 Å². The van der Waals surface area contributed by atoms with Gasteiger partial charge in [0.1, 0.15) is 0 Å². The second-order valence-electron chi connectivity index (χ2n) is 5.67. The monoisotopic (exact) mass is 337 g/mol. The Morgan fingerprint density at radius 3 is 2.28 bits per heavy atom. The van der Waals surface area contributed by atoms with Gasteiger partial charge in [-0.1, -0.05) is 49.0 Å². The van der Waals surface area contributed by atoms with Crippen LogP contribution in [-0.4, -0.2) is 18.5 Å². The van der Waals surface area contributed by atoms with Crippen molar-refractivity contribution in [1.82, 2.24) is 0 Å². The highest BCUT2D eigenvalue weighted by atomic mass is 16.5. The van der Waals surface area contributed by atoms with E-state index in [1.54, 1.807) is 0 Å². The van der Waals surface area contributed by atoms with Crippen molar-refractivity contribution in [1.29, 1.82) is 0 Å². The summed E-state index contributed by atoms with van der Waals surface area (Å²) < 4.78 is 4.88. The van der Waals surface area contributed by atoms with Gasteiger partial charge in [0.2, 0.25) is 5.91 Å². The molecule has 0 heterocycles. The number of hydrogen-bond acceptors (Lipinski definition) is 3. The highest BCUT2D eigenvalue weighted by Gasteiger charge is 2.03. The summed E-state index contributed by atoms with van der Waals surface area (Å²) in [6.45, 7) is 3.70. The van der Waals surface area contributed by atoms with E-state index in [-0.39, 0.29) is 5.91 Å². The summed E-state index contributed by atoms with van der Waals surface area (Å²) in [4.78, 5) is 22.8. The Labute approximate surface area is 148 Å². The zero-order valence-electron chi connectivity index (χ0n) is 14.2. The van der Waals surface area contributed by atoms with E-state index < -0.39 is 5.97 Å². The molecule has 1 amide bonds. The molecule has 1 N–H and O–H groups in total. The summed E-state index contributed by atoms with van der Waals surface area (Å²) in [6, 6.07) is 17.9. The van der Waals surface area contributed by atoms with Crippen LogP contribution in [0.3, 0.4) is 0 Å². The molecule has 0 fully saturated rings. The summed E-state index contributed by atoms with van der Waals surface area (Å²) in [5.74, 6) is -0.410. The molecule has 2 aromatic rings. The number of benzene rings is 2. The summed E-state index contributed by atoms with van der Waals surface area (Å²) in [6.07, 6.45) is 3.95. The van der Waals surface area contributed by atoms with Crippen molar-refractivity contribution in [3.63, 3.8) is 0 Å². The second kappa shape index (κ2) is 10.1. The van der Waals surface area contributed by atoms with Crippen LogP contribution < -0.4 is 5.32 Å². The van der Waals surface area contributed by atoms with Crippen LogP contribution in [0.1, 0.15) is 25.7 Å². The van der Waals surface area contributed by atoms with E-state index in [1.807, 2.05) is 42.5 Å². The van der Waals surface area contributed by atoms with E-state index in [0.29, 0.717) is 13.0 Å².